The van der Waals surface area contributed by atoms with E-state index in [2.05, 4.69) is 35.8 Å². The number of nitrogens with two attached hydrogens (primary N) is 1. The Kier molecular flexibility index (Phi) is 4.37. The topological polar surface area (TPSA) is 73.1 Å². The van der Waals surface area contributed by atoms with E-state index in [4.69, 9.17) is 10.6 Å². The minimum Gasteiger partial charge on any atom is -0.497 e. The van der Waals surface area contributed by atoms with E-state index >= 15 is 0 Å². The van der Waals surface area contributed by atoms with Crippen molar-refractivity contribution in [1.29, 1.82) is 0 Å². The predicted molar refractivity (Wildman–Crippen MR) is 80.8 cm³/mol. The summed E-state index contributed by atoms with van der Waals surface area (Å²) in [5.41, 5.74) is 4.83. The van der Waals surface area contributed by atoms with Crippen molar-refractivity contribution in [3.05, 3.63) is 40.4 Å². The average molecular weight is 292 g/mol. The van der Waals surface area contributed by atoms with Crippen LogP contribution in [0.1, 0.15) is 42.9 Å². The fourth-order valence-electron chi connectivity index (χ4n) is 2.03. The zero-order chi connectivity index (χ0) is 14.8. The van der Waals surface area contributed by atoms with Gasteiger partial charge in [-0.15, -0.1) is 5.10 Å². The Balaban J connectivity index is 2.39. The number of benzene rings is 1. The normalized spacial score (nSPS) is 13.2. The Labute approximate surface area is 123 Å². The third-order valence-corrected chi connectivity index (χ3v) is 3.89. The zero-order valence-electron chi connectivity index (χ0n) is 12.2. The SMILES string of the molecule is COc1ccc(C(NN)c2snnc2C(C)(C)C)cc1. The molecule has 0 saturated carbocycles. The van der Waals surface area contributed by atoms with Crippen molar-refractivity contribution < 1.29 is 4.74 Å². The van der Waals surface area contributed by atoms with Crippen molar-refractivity contribution in [1.82, 2.24) is 15.0 Å². The first-order valence-corrected chi connectivity index (χ1v) is 7.17. The van der Waals surface area contributed by atoms with Crippen molar-refractivity contribution in [2.24, 2.45) is 5.84 Å². The Morgan fingerprint density at radius 3 is 2.40 bits per heavy atom. The van der Waals surface area contributed by atoms with Gasteiger partial charge in [0.15, 0.2) is 0 Å². The van der Waals surface area contributed by atoms with Gasteiger partial charge in [0, 0.05) is 5.41 Å². The summed E-state index contributed by atoms with van der Waals surface area (Å²) in [6, 6.07) is 7.72. The van der Waals surface area contributed by atoms with Gasteiger partial charge >= 0.3 is 0 Å². The summed E-state index contributed by atoms with van der Waals surface area (Å²) in [5, 5.41) is 4.26. The van der Waals surface area contributed by atoms with Crippen molar-refractivity contribution in [3.8, 4) is 5.75 Å². The lowest BCUT2D eigenvalue weighted by atomic mass is 9.89. The van der Waals surface area contributed by atoms with Crippen LogP contribution in [0.2, 0.25) is 0 Å². The second-order valence-corrected chi connectivity index (χ2v) is 6.39. The summed E-state index contributed by atoms with van der Waals surface area (Å²) < 4.78 is 9.27. The quantitative estimate of drug-likeness (QED) is 0.668. The largest absolute Gasteiger partial charge is 0.497 e. The number of nitrogens with zero attached hydrogens (tertiary/aromatic N) is 2. The van der Waals surface area contributed by atoms with E-state index in [1.807, 2.05) is 24.3 Å². The summed E-state index contributed by atoms with van der Waals surface area (Å²) in [6.45, 7) is 6.36. The van der Waals surface area contributed by atoms with Gasteiger partial charge < -0.3 is 4.74 Å². The maximum atomic E-state index is 5.75. The summed E-state index contributed by atoms with van der Waals surface area (Å²) >= 11 is 1.38. The Morgan fingerprint density at radius 1 is 1.25 bits per heavy atom. The van der Waals surface area contributed by atoms with Crippen LogP contribution >= 0.6 is 11.5 Å². The van der Waals surface area contributed by atoms with Crippen LogP contribution in [0.25, 0.3) is 0 Å². The van der Waals surface area contributed by atoms with Crippen LogP contribution in [-0.4, -0.2) is 16.7 Å². The number of rotatable bonds is 4. The number of nitrogens with one attached hydrogen (secondary N) is 1. The molecule has 0 aliphatic rings. The first-order valence-electron chi connectivity index (χ1n) is 6.40. The fourth-order valence-corrected chi connectivity index (χ4v) is 2.98. The highest BCUT2D eigenvalue weighted by molar-refractivity contribution is 7.05. The lowest BCUT2D eigenvalue weighted by Gasteiger charge is -2.21. The van der Waals surface area contributed by atoms with Crippen molar-refractivity contribution >= 4 is 11.5 Å². The molecule has 0 saturated heterocycles. The fraction of sp³-hybridized carbons (Fsp3) is 0.429. The van der Waals surface area contributed by atoms with Gasteiger partial charge in [0.05, 0.1) is 23.7 Å². The van der Waals surface area contributed by atoms with E-state index in [-0.39, 0.29) is 11.5 Å². The second kappa shape index (κ2) is 5.87. The Bertz CT molecular complexity index is 559. The van der Waals surface area contributed by atoms with Gasteiger partial charge in [-0.3, -0.25) is 5.84 Å². The van der Waals surface area contributed by atoms with Crippen LogP contribution in [0, 0.1) is 0 Å². The Hall–Kier alpha value is -1.50. The minimum atomic E-state index is -0.116. The van der Waals surface area contributed by atoms with Crippen LogP contribution in [0.5, 0.6) is 5.75 Å². The monoisotopic (exact) mass is 292 g/mol. The standard InChI is InChI=1S/C14H20N4OS/c1-14(2,3)13-12(20-18-17-13)11(16-15)9-5-7-10(19-4)8-6-9/h5-8,11,16H,15H2,1-4H3. The molecule has 20 heavy (non-hydrogen) atoms. The molecule has 1 aromatic carbocycles. The van der Waals surface area contributed by atoms with Gasteiger partial charge in [0.1, 0.15) is 5.75 Å². The molecule has 0 spiro atoms. The molecular weight excluding hydrogens is 272 g/mol. The maximum absolute atomic E-state index is 5.75. The molecule has 0 fully saturated rings. The van der Waals surface area contributed by atoms with E-state index in [9.17, 15) is 0 Å². The van der Waals surface area contributed by atoms with Crippen LogP contribution < -0.4 is 16.0 Å². The number of hydrazine groups is 1. The first-order chi connectivity index (χ1) is 9.47. The van der Waals surface area contributed by atoms with Gasteiger partial charge in [0.25, 0.3) is 0 Å². The van der Waals surface area contributed by atoms with E-state index in [0.29, 0.717) is 0 Å². The third kappa shape index (κ3) is 2.98. The molecule has 0 radical (unpaired) electrons. The molecule has 0 amide bonds. The van der Waals surface area contributed by atoms with Crippen LogP contribution in [0.3, 0.4) is 0 Å². The highest BCUT2D eigenvalue weighted by atomic mass is 32.1. The molecule has 6 heteroatoms. The second-order valence-electron chi connectivity index (χ2n) is 5.61. The number of hydrogen-bond acceptors (Lipinski definition) is 6. The predicted octanol–water partition coefficient (Wildman–Crippen LogP) is 2.40. The number of ether oxygens (including phenoxy) is 1. The third-order valence-electron chi connectivity index (χ3n) is 3.10. The molecule has 0 aliphatic carbocycles. The molecule has 1 unspecified atom stereocenters. The molecule has 1 aromatic heterocycles. The highest BCUT2D eigenvalue weighted by Gasteiger charge is 2.27. The maximum Gasteiger partial charge on any atom is 0.118 e. The molecule has 2 aromatic rings. The van der Waals surface area contributed by atoms with E-state index in [1.165, 1.54) is 11.5 Å². The van der Waals surface area contributed by atoms with Crippen LogP contribution in [-0.2, 0) is 5.41 Å². The molecule has 0 aliphatic heterocycles. The summed E-state index contributed by atoms with van der Waals surface area (Å²) in [6.07, 6.45) is 0. The van der Waals surface area contributed by atoms with Crippen LogP contribution in [0.4, 0.5) is 0 Å². The van der Waals surface area contributed by atoms with E-state index in [1.54, 1.807) is 7.11 Å². The van der Waals surface area contributed by atoms with Crippen molar-refractivity contribution in [2.75, 3.05) is 7.11 Å². The molecule has 0 bridgehead atoms. The van der Waals surface area contributed by atoms with Gasteiger partial charge in [-0.2, -0.15) is 0 Å². The average Bonchev–Trinajstić information content (AvgIpc) is 2.90. The van der Waals surface area contributed by atoms with Gasteiger partial charge in [0.2, 0.25) is 0 Å². The van der Waals surface area contributed by atoms with E-state index in [0.717, 1.165) is 21.9 Å². The molecule has 108 valence electrons. The minimum absolute atomic E-state index is 0.0656. The van der Waals surface area contributed by atoms with Crippen molar-refractivity contribution in [3.63, 3.8) is 0 Å². The number of methoxy groups -OCH3 is 1. The summed E-state index contributed by atoms with van der Waals surface area (Å²) in [7, 11) is 1.65. The number of aromatic nitrogens is 2. The Morgan fingerprint density at radius 2 is 1.90 bits per heavy atom. The molecular formula is C14H20N4OS. The van der Waals surface area contributed by atoms with Gasteiger partial charge in [-0.25, -0.2) is 5.43 Å². The lowest BCUT2D eigenvalue weighted by molar-refractivity contribution is 0.414. The lowest BCUT2D eigenvalue weighted by Crippen LogP contribution is -2.30. The summed E-state index contributed by atoms with van der Waals surface area (Å²) in [5.74, 6) is 6.57. The molecule has 1 atom stereocenters. The highest BCUT2D eigenvalue weighted by Crippen LogP contribution is 2.33. The molecule has 2 rings (SSSR count). The van der Waals surface area contributed by atoms with Crippen LogP contribution in [0.15, 0.2) is 24.3 Å². The van der Waals surface area contributed by atoms with Crippen molar-refractivity contribution in [2.45, 2.75) is 32.2 Å². The molecule has 5 nitrogen and oxygen atoms in total. The smallest absolute Gasteiger partial charge is 0.118 e. The van der Waals surface area contributed by atoms with Gasteiger partial charge in [-0.1, -0.05) is 37.4 Å². The van der Waals surface area contributed by atoms with Gasteiger partial charge in [-0.05, 0) is 29.2 Å². The zero-order valence-corrected chi connectivity index (χ0v) is 13.0. The first kappa shape index (κ1) is 14.9. The number of hydrogen-bond donors (Lipinski definition) is 2. The summed E-state index contributed by atoms with van der Waals surface area (Å²) in [4.78, 5) is 1.05. The van der Waals surface area contributed by atoms with E-state index < -0.39 is 0 Å². The molecule has 3 N–H and O–H groups in total. The molecule has 1 heterocycles.